The topological polar surface area (TPSA) is 83.9 Å². The van der Waals surface area contributed by atoms with Gasteiger partial charge in [-0.25, -0.2) is 0 Å². The second kappa shape index (κ2) is 11.9. The van der Waals surface area contributed by atoms with Gasteiger partial charge in [0.05, 0.1) is 7.98 Å². The average molecular weight is 427 g/mol. The van der Waals surface area contributed by atoms with Gasteiger partial charge in [-0.15, -0.1) is 0 Å². The van der Waals surface area contributed by atoms with Gasteiger partial charge in [0.1, 0.15) is 5.75 Å². The Morgan fingerprint density at radius 3 is 2.26 bits per heavy atom. The largest absolute Gasteiger partial charge is 0.493 e. The number of carboxylic acids is 1. The van der Waals surface area contributed by atoms with E-state index in [-0.39, 0.29) is 24.2 Å². The van der Waals surface area contributed by atoms with Crippen LogP contribution in [0.3, 0.4) is 0 Å². The lowest BCUT2D eigenvalue weighted by Gasteiger charge is -2.28. The third-order valence-electron chi connectivity index (χ3n) is 4.82. The van der Waals surface area contributed by atoms with Gasteiger partial charge in [0.2, 0.25) is 0 Å². The lowest BCUT2D eigenvalue weighted by molar-refractivity contribution is -0.137. The highest BCUT2D eigenvalue weighted by Crippen LogP contribution is 2.23. The number of nitrogens with zero attached hydrogens (tertiary/aromatic N) is 1. The maximum atomic E-state index is 13.2. The van der Waals surface area contributed by atoms with Gasteiger partial charge in [-0.1, -0.05) is 30.3 Å². The van der Waals surface area contributed by atoms with E-state index in [1.807, 2.05) is 19.9 Å². The van der Waals surface area contributed by atoms with Crippen LogP contribution in [0.5, 0.6) is 5.75 Å². The molecule has 0 aromatic heterocycles. The predicted octanol–water partition coefficient (Wildman–Crippen LogP) is 4.96. The Morgan fingerprint density at radius 2 is 1.65 bits per heavy atom. The molecule has 31 heavy (non-hydrogen) atoms. The Labute approximate surface area is 185 Å². The summed E-state index contributed by atoms with van der Waals surface area (Å²) in [5.74, 6) is -0.630. The Morgan fingerprint density at radius 1 is 1.00 bits per heavy atom. The zero-order valence-corrected chi connectivity index (χ0v) is 18.3. The molecule has 0 saturated carbocycles. The summed E-state index contributed by atoms with van der Waals surface area (Å²) >= 11 is 0. The first-order valence-electron chi connectivity index (χ1n) is 11.1. The highest BCUT2D eigenvalue weighted by Gasteiger charge is 2.21. The first-order valence-corrected chi connectivity index (χ1v) is 10.5. The van der Waals surface area contributed by atoms with Crippen molar-refractivity contribution in [3.05, 3.63) is 65.2 Å². The summed E-state index contributed by atoms with van der Waals surface area (Å²) in [6.45, 7) is 4.62. The first-order chi connectivity index (χ1) is 15.2. The van der Waals surface area contributed by atoms with Gasteiger partial charge in [-0.05, 0) is 58.2 Å². The number of unbranched alkanes of at least 4 members (excludes halogenated alkanes) is 2. The normalized spacial score (nSPS) is 12.2. The number of ketones is 1. The number of Topliss-reactive ketones (excluding diaryl/α,β-unsaturated/α-hetero) is 1. The van der Waals surface area contributed by atoms with Crippen LogP contribution in [0.4, 0.5) is 0 Å². The Bertz CT molecular complexity index is 926. The van der Waals surface area contributed by atoms with Crippen molar-refractivity contribution in [3.8, 4) is 5.75 Å². The number of carbonyl (C=O) groups excluding carboxylic acids is 2. The molecule has 0 bridgehead atoms. The van der Waals surface area contributed by atoms with Gasteiger partial charge < -0.3 is 14.7 Å². The highest BCUT2D eigenvalue weighted by molar-refractivity contribution is 5.97. The van der Waals surface area contributed by atoms with Crippen molar-refractivity contribution in [2.45, 2.75) is 59.0 Å². The zero-order chi connectivity index (χ0) is 23.7. The van der Waals surface area contributed by atoms with Gasteiger partial charge in [0, 0.05) is 35.7 Å². The lowest BCUT2D eigenvalue weighted by atomic mass is 10.1. The molecule has 0 fully saturated rings. The molecule has 6 heteroatoms. The van der Waals surface area contributed by atoms with Crippen molar-refractivity contribution in [2.24, 2.45) is 0 Å². The van der Waals surface area contributed by atoms with Crippen molar-refractivity contribution in [1.82, 2.24) is 4.90 Å². The van der Waals surface area contributed by atoms with E-state index in [0.717, 1.165) is 6.42 Å². The lowest BCUT2D eigenvalue weighted by Crippen LogP contribution is -2.36. The fourth-order valence-corrected chi connectivity index (χ4v) is 3.04. The van der Waals surface area contributed by atoms with Crippen LogP contribution in [0, 0.1) is 0 Å². The molecule has 0 spiro atoms. The number of aliphatic carboxylic acids is 1. The molecule has 0 heterocycles. The number of carboxylic acid groups (broad SMARTS) is 1. The fraction of sp³-hybridized carbons (Fsp3) is 0.400. The molecule has 2 aromatic carbocycles. The third kappa shape index (κ3) is 7.55. The zero-order valence-electron chi connectivity index (χ0n) is 19.3. The highest BCUT2D eigenvalue weighted by atomic mass is 16.5. The van der Waals surface area contributed by atoms with Crippen LogP contribution in [-0.4, -0.2) is 40.3 Å². The van der Waals surface area contributed by atoms with E-state index in [1.165, 1.54) is 11.8 Å². The first kappa shape index (κ1) is 22.5. The molecule has 0 aliphatic rings. The minimum atomic E-state index is -0.974. The molecule has 1 atom stereocenters. The maximum Gasteiger partial charge on any atom is 0.303 e. The van der Waals surface area contributed by atoms with E-state index in [4.69, 9.17) is 11.2 Å². The Kier molecular flexibility index (Phi) is 8.64. The van der Waals surface area contributed by atoms with Crippen LogP contribution >= 0.6 is 0 Å². The van der Waals surface area contributed by atoms with Crippen LogP contribution < -0.4 is 4.74 Å². The predicted molar refractivity (Wildman–Crippen MR) is 119 cm³/mol. The molecule has 0 aliphatic heterocycles. The van der Waals surface area contributed by atoms with Crippen molar-refractivity contribution >= 4 is 17.7 Å². The molecule has 0 radical (unpaired) electrons. The number of hydrogen-bond acceptors (Lipinski definition) is 4. The molecule has 166 valence electrons. The molecular formula is C25H31NO5. The summed E-state index contributed by atoms with van der Waals surface area (Å²) in [6.07, 6.45) is 2.19. The van der Waals surface area contributed by atoms with E-state index in [1.54, 1.807) is 42.5 Å². The van der Waals surface area contributed by atoms with Crippen LogP contribution in [-0.2, 0) is 11.3 Å². The Hall–Kier alpha value is -3.15. The molecule has 0 aliphatic carbocycles. The van der Waals surface area contributed by atoms with Crippen molar-refractivity contribution in [3.63, 3.8) is 0 Å². The van der Waals surface area contributed by atoms with Gasteiger partial charge in [-0.3, -0.25) is 14.4 Å². The number of benzene rings is 2. The van der Waals surface area contributed by atoms with Crippen molar-refractivity contribution in [2.75, 3.05) is 6.61 Å². The second-order valence-electron chi connectivity index (χ2n) is 7.66. The van der Waals surface area contributed by atoms with Gasteiger partial charge in [-0.2, -0.15) is 0 Å². The number of amides is 1. The number of hydrogen-bond donors (Lipinski definition) is 1. The monoisotopic (exact) mass is 426 g/mol. The standard InChI is InChI=1S/C25H31NO5/c1-18(2)26(25(30)21-14-12-20(13-15-21)19(3)27)17-22-9-6-7-10-23(22)31-16-8-4-5-11-24(28)29/h6-7,9-10,12-15,18H,4-5,8,11,16-17H2,1-3H3,(H,28,29)/i17D. The van der Waals surface area contributed by atoms with Crippen molar-refractivity contribution in [1.29, 1.82) is 0 Å². The minimum absolute atomic E-state index is 0.0721. The molecule has 0 saturated heterocycles. The summed E-state index contributed by atoms with van der Waals surface area (Å²) in [7, 11) is 0. The molecule has 1 unspecified atom stereocenters. The molecule has 1 N–H and O–H groups in total. The fourth-order valence-electron chi connectivity index (χ4n) is 3.04. The Balaban J connectivity index is 2.14. The SMILES string of the molecule is [2H]C(c1ccccc1OCCCCCC(=O)O)N(C(=O)c1ccc(C(C)=O)cc1)C(C)C. The van der Waals surface area contributed by atoms with Gasteiger partial charge in [0.25, 0.3) is 5.91 Å². The summed E-state index contributed by atoms with van der Waals surface area (Å²) < 4.78 is 14.7. The summed E-state index contributed by atoms with van der Waals surface area (Å²) in [5.41, 5.74) is 1.53. The summed E-state index contributed by atoms with van der Waals surface area (Å²) in [6, 6.07) is 13.4. The van der Waals surface area contributed by atoms with Crippen LogP contribution in [0.15, 0.2) is 48.5 Å². The van der Waals surface area contributed by atoms with Crippen LogP contribution in [0.25, 0.3) is 0 Å². The quantitative estimate of drug-likeness (QED) is 0.383. The van der Waals surface area contributed by atoms with Crippen LogP contribution in [0.1, 0.15) is 74.1 Å². The minimum Gasteiger partial charge on any atom is -0.493 e. The van der Waals surface area contributed by atoms with E-state index in [0.29, 0.717) is 41.9 Å². The molecule has 1 amide bonds. The van der Waals surface area contributed by atoms with E-state index in [2.05, 4.69) is 0 Å². The van der Waals surface area contributed by atoms with Crippen LogP contribution in [0.2, 0.25) is 0 Å². The molecule has 2 rings (SSSR count). The number of carbonyl (C=O) groups is 3. The second-order valence-corrected chi connectivity index (χ2v) is 7.66. The molecular weight excluding hydrogens is 394 g/mol. The smallest absolute Gasteiger partial charge is 0.303 e. The third-order valence-corrected chi connectivity index (χ3v) is 4.82. The number of ether oxygens (including phenoxy) is 1. The average Bonchev–Trinajstić information content (AvgIpc) is 2.76. The number of para-hydroxylation sites is 1. The van der Waals surface area contributed by atoms with Crippen molar-refractivity contribution < 1.29 is 25.6 Å². The van der Waals surface area contributed by atoms with E-state index < -0.39 is 12.5 Å². The van der Waals surface area contributed by atoms with E-state index >= 15 is 0 Å². The molecule has 2 aromatic rings. The van der Waals surface area contributed by atoms with Gasteiger partial charge in [0.15, 0.2) is 5.78 Å². The molecule has 6 nitrogen and oxygen atoms in total. The van der Waals surface area contributed by atoms with Gasteiger partial charge >= 0.3 is 5.97 Å². The van der Waals surface area contributed by atoms with E-state index in [9.17, 15) is 14.4 Å². The summed E-state index contributed by atoms with van der Waals surface area (Å²) in [4.78, 5) is 36.8. The maximum absolute atomic E-state index is 13.2. The number of rotatable bonds is 12. The summed E-state index contributed by atoms with van der Waals surface area (Å²) in [5, 5.41) is 8.71.